The van der Waals surface area contributed by atoms with Crippen molar-refractivity contribution in [3.05, 3.63) is 11.7 Å². The molecule has 0 radical (unpaired) electrons. The highest BCUT2D eigenvalue weighted by molar-refractivity contribution is 5.71. The fourth-order valence-corrected chi connectivity index (χ4v) is 2.69. The van der Waals surface area contributed by atoms with E-state index in [1.807, 2.05) is 0 Å². The Bertz CT molecular complexity index is 446. The van der Waals surface area contributed by atoms with Crippen LogP contribution in [0.1, 0.15) is 44.3 Å². The van der Waals surface area contributed by atoms with Gasteiger partial charge in [0, 0.05) is 7.11 Å². The van der Waals surface area contributed by atoms with Crippen LogP contribution in [0, 0.1) is 5.92 Å². The lowest BCUT2D eigenvalue weighted by Crippen LogP contribution is -2.35. The van der Waals surface area contributed by atoms with Crippen molar-refractivity contribution in [2.24, 2.45) is 5.92 Å². The second kappa shape index (κ2) is 5.69. The fourth-order valence-electron chi connectivity index (χ4n) is 2.69. The van der Waals surface area contributed by atoms with E-state index in [0.29, 0.717) is 11.7 Å². The van der Waals surface area contributed by atoms with E-state index < -0.39 is 11.6 Å². The van der Waals surface area contributed by atoms with Gasteiger partial charge in [-0.15, -0.1) is 0 Å². The zero-order chi connectivity index (χ0) is 13.9. The molecule has 0 spiro atoms. The summed E-state index contributed by atoms with van der Waals surface area (Å²) in [6.07, 6.45) is 4.03. The van der Waals surface area contributed by atoms with Crippen LogP contribution in [0.3, 0.4) is 0 Å². The number of nitrogens with zero attached hydrogens (tertiary/aromatic N) is 2. The standard InChI is InChI=1S/C13H20N2O4/c1-9-5-4-6-13(8-9,18-3)12-14-10(19-15-12)7-11(16)17-2/h9H,4-8H2,1-3H3. The lowest BCUT2D eigenvalue weighted by molar-refractivity contribution is -0.140. The van der Waals surface area contributed by atoms with Gasteiger partial charge < -0.3 is 14.0 Å². The molecule has 0 aromatic carbocycles. The Balaban J connectivity index is 2.17. The molecule has 0 N–H and O–H groups in total. The largest absolute Gasteiger partial charge is 0.469 e. The lowest BCUT2D eigenvalue weighted by atomic mass is 9.78. The van der Waals surface area contributed by atoms with E-state index in [-0.39, 0.29) is 12.3 Å². The molecular formula is C13H20N2O4. The Kier molecular flexibility index (Phi) is 4.19. The second-order valence-corrected chi connectivity index (χ2v) is 5.16. The van der Waals surface area contributed by atoms with Gasteiger partial charge in [-0.25, -0.2) is 0 Å². The summed E-state index contributed by atoms with van der Waals surface area (Å²) in [6, 6.07) is 0. The number of aromatic nitrogens is 2. The molecule has 1 aliphatic carbocycles. The van der Waals surface area contributed by atoms with Gasteiger partial charge in [-0.3, -0.25) is 4.79 Å². The van der Waals surface area contributed by atoms with Crippen molar-refractivity contribution in [3.8, 4) is 0 Å². The Morgan fingerprint density at radius 2 is 2.32 bits per heavy atom. The van der Waals surface area contributed by atoms with Crippen molar-refractivity contribution in [2.45, 2.75) is 44.6 Å². The van der Waals surface area contributed by atoms with Crippen LogP contribution in [-0.4, -0.2) is 30.3 Å². The lowest BCUT2D eigenvalue weighted by Gasteiger charge is -2.36. The van der Waals surface area contributed by atoms with Crippen molar-refractivity contribution in [1.82, 2.24) is 10.1 Å². The SMILES string of the molecule is COC(=O)Cc1nc(C2(OC)CCCC(C)C2)no1. The molecule has 2 atom stereocenters. The third kappa shape index (κ3) is 2.94. The number of carbonyl (C=O) groups excluding carboxylic acids is 1. The topological polar surface area (TPSA) is 74.5 Å². The first-order valence-corrected chi connectivity index (χ1v) is 6.54. The highest BCUT2D eigenvalue weighted by Crippen LogP contribution is 2.41. The van der Waals surface area contributed by atoms with Gasteiger partial charge in [-0.2, -0.15) is 4.98 Å². The van der Waals surface area contributed by atoms with E-state index in [1.54, 1.807) is 7.11 Å². The molecule has 1 saturated carbocycles. The first-order chi connectivity index (χ1) is 9.09. The molecule has 6 nitrogen and oxygen atoms in total. The highest BCUT2D eigenvalue weighted by atomic mass is 16.5. The maximum absolute atomic E-state index is 11.2. The van der Waals surface area contributed by atoms with Crippen molar-refractivity contribution >= 4 is 5.97 Å². The third-order valence-electron chi connectivity index (χ3n) is 3.75. The second-order valence-electron chi connectivity index (χ2n) is 5.16. The smallest absolute Gasteiger partial charge is 0.315 e. The summed E-state index contributed by atoms with van der Waals surface area (Å²) in [5, 5.41) is 3.99. The van der Waals surface area contributed by atoms with Gasteiger partial charge in [0.05, 0.1) is 7.11 Å². The molecule has 1 heterocycles. The first-order valence-electron chi connectivity index (χ1n) is 6.54. The molecule has 0 amide bonds. The monoisotopic (exact) mass is 268 g/mol. The summed E-state index contributed by atoms with van der Waals surface area (Å²) >= 11 is 0. The molecule has 0 aliphatic heterocycles. The third-order valence-corrected chi connectivity index (χ3v) is 3.75. The molecule has 0 bridgehead atoms. The maximum Gasteiger partial charge on any atom is 0.315 e. The van der Waals surface area contributed by atoms with Gasteiger partial charge in [-0.05, 0) is 25.2 Å². The summed E-state index contributed by atoms with van der Waals surface area (Å²) in [6.45, 7) is 2.20. The van der Waals surface area contributed by atoms with E-state index in [0.717, 1.165) is 19.3 Å². The Hall–Kier alpha value is -1.43. The van der Waals surface area contributed by atoms with E-state index in [9.17, 15) is 4.79 Å². The molecule has 19 heavy (non-hydrogen) atoms. The van der Waals surface area contributed by atoms with Crippen LogP contribution < -0.4 is 0 Å². The number of hydrogen-bond acceptors (Lipinski definition) is 6. The van der Waals surface area contributed by atoms with Crippen molar-refractivity contribution in [1.29, 1.82) is 0 Å². The molecule has 1 aromatic rings. The molecule has 1 aliphatic rings. The van der Waals surface area contributed by atoms with E-state index in [4.69, 9.17) is 9.26 Å². The molecular weight excluding hydrogens is 248 g/mol. The van der Waals surface area contributed by atoms with Crippen LogP contribution in [0.15, 0.2) is 4.52 Å². The number of rotatable bonds is 4. The van der Waals surface area contributed by atoms with Crippen LogP contribution in [0.4, 0.5) is 0 Å². The summed E-state index contributed by atoms with van der Waals surface area (Å²) in [4.78, 5) is 15.5. The molecule has 0 saturated heterocycles. The minimum Gasteiger partial charge on any atom is -0.469 e. The molecule has 2 unspecified atom stereocenters. The highest BCUT2D eigenvalue weighted by Gasteiger charge is 2.41. The normalized spacial score (nSPS) is 27.2. The summed E-state index contributed by atoms with van der Waals surface area (Å²) < 4.78 is 15.4. The Morgan fingerprint density at radius 1 is 1.53 bits per heavy atom. The molecule has 6 heteroatoms. The van der Waals surface area contributed by atoms with Crippen molar-refractivity contribution in [2.75, 3.05) is 14.2 Å². The predicted octanol–water partition coefficient (Wildman–Crippen LogP) is 1.84. The summed E-state index contributed by atoms with van der Waals surface area (Å²) in [5.41, 5.74) is -0.477. The van der Waals surface area contributed by atoms with Crippen LogP contribution >= 0.6 is 0 Å². The average Bonchev–Trinajstić information content (AvgIpc) is 2.87. The van der Waals surface area contributed by atoms with Gasteiger partial charge in [0.2, 0.25) is 11.7 Å². The number of esters is 1. The predicted molar refractivity (Wildman–Crippen MR) is 66.3 cm³/mol. The summed E-state index contributed by atoms with van der Waals surface area (Å²) in [7, 11) is 3.01. The average molecular weight is 268 g/mol. The zero-order valence-electron chi connectivity index (χ0n) is 11.6. The Labute approximate surface area is 112 Å². The van der Waals surface area contributed by atoms with Gasteiger partial charge in [0.25, 0.3) is 0 Å². The van der Waals surface area contributed by atoms with Crippen LogP contribution in [0.5, 0.6) is 0 Å². The molecule has 106 valence electrons. The maximum atomic E-state index is 11.2. The minimum absolute atomic E-state index is 0.00114. The van der Waals surface area contributed by atoms with Crippen LogP contribution in [0.2, 0.25) is 0 Å². The number of ether oxygens (including phenoxy) is 2. The number of carbonyl (C=O) groups is 1. The van der Waals surface area contributed by atoms with E-state index >= 15 is 0 Å². The van der Waals surface area contributed by atoms with E-state index in [1.165, 1.54) is 13.5 Å². The number of methoxy groups -OCH3 is 2. The first kappa shape index (κ1) is 14.0. The van der Waals surface area contributed by atoms with Gasteiger partial charge in [0.1, 0.15) is 12.0 Å². The molecule has 1 fully saturated rings. The Morgan fingerprint density at radius 3 is 2.95 bits per heavy atom. The molecule has 2 rings (SSSR count). The van der Waals surface area contributed by atoms with Crippen molar-refractivity contribution < 1.29 is 18.8 Å². The van der Waals surface area contributed by atoms with Crippen LogP contribution in [-0.2, 0) is 26.3 Å². The van der Waals surface area contributed by atoms with Gasteiger partial charge in [0.15, 0.2) is 0 Å². The summed E-state index contributed by atoms with van der Waals surface area (Å²) in [5.74, 6) is 0.992. The van der Waals surface area contributed by atoms with Gasteiger partial charge in [-0.1, -0.05) is 18.5 Å². The minimum atomic E-state index is -0.477. The van der Waals surface area contributed by atoms with E-state index in [2.05, 4.69) is 21.8 Å². The zero-order valence-corrected chi connectivity index (χ0v) is 11.6. The fraction of sp³-hybridized carbons (Fsp3) is 0.769. The molecule has 1 aromatic heterocycles. The van der Waals surface area contributed by atoms with Gasteiger partial charge >= 0.3 is 5.97 Å². The number of hydrogen-bond donors (Lipinski definition) is 0. The van der Waals surface area contributed by atoms with Crippen molar-refractivity contribution in [3.63, 3.8) is 0 Å². The quantitative estimate of drug-likeness (QED) is 0.776. The van der Waals surface area contributed by atoms with Crippen LogP contribution in [0.25, 0.3) is 0 Å².